The normalized spacial score (nSPS) is 28.4. The average molecular weight is 274 g/mol. The van der Waals surface area contributed by atoms with E-state index in [-0.39, 0.29) is 0 Å². The third-order valence-corrected chi connectivity index (χ3v) is 4.83. The van der Waals surface area contributed by atoms with Crippen LogP contribution in [0.25, 0.3) is 0 Å². The molecule has 0 bridgehead atoms. The molecule has 110 valence electrons. The first-order chi connectivity index (χ1) is 9.92. The lowest BCUT2D eigenvalue weighted by atomic mass is 9.83. The van der Waals surface area contributed by atoms with E-state index in [4.69, 9.17) is 9.78 Å². The molecule has 1 aromatic rings. The second kappa shape index (κ2) is 7.24. The number of hydrogen-bond donors (Lipinski definition) is 0. The van der Waals surface area contributed by atoms with Crippen LogP contribution in [-0.2, 0) is 9.78 Å². The summed E-state index contributed by atoms with van der Waals surface area (Å²) >= 11 is 0. The predicted octanol–water partition coefficient (Wildman–Crippen LogP) is 4.99. The van der Waals surface area contributed by atoms with Crippen LogP contribution in [0, 0.1) is 0 Å². The van der Waals surface area contributed by atoms with Gasteiger partial charge in [0, 0.05) is 0 Å². The molecule has 0 amide bonds. The van der Waals surface area contributed by atoms with Crippen LogP contribution < -0.4 is 0 Å². The van der Waals surface area contributed by atoms with E-state index in [0.29, 0.717) is 18.1 Å². The lowest BCUT2D eigenvalue weighted by molar-refractivity contribution is -0.358. The van der Waals surface area contributed by atoms with E-state index in [1.807, 2.05) is 0 Å². The zero-order chi connectivity index (χ0) is 13.6. The van der Waals surface area contributed by atoms with Crippen LogP contribution in [-0.4, -0.2) is 12.2 Å². The highest BCUT2D eigenvalue weighted by molar-refractivity contribution is 5.19. The Morgan fingerprint density at radius 3 is 1.90 bits per heavy atom. The Hall–Kier alpha value is -0.860. The minimum absolute atomic E-state index is 0.317. The van der Waals surface area contributed by atoms with Gasteiger partial charge in [-0.25, -0.2) is 9.78 Å². The molecule has 0 radical (unpaired) electrons. The Kier molecular flexibility index (Phi) is 5.10. The van der Waals surface area contributed by atoms with Gasteiger partial charge in [-0.2, -0.15) is 0 Å². The standard InChI is InChI=1S/C18H26O2/c1-3-7-15(8-4-1)16-11-13-18(14-12-16)20-19-17-9-5-2-6-10-17/h1,3-4,7-8,16-18H,2,5-6,9-14H2. The summed E-state index contributed by atoms with van der Waals surface area (Å²) in [5.74, 6) is 0.714. The van der Waals surface area contributed by atoms with Crippen molar-refractivity contribution in [3.8, 4) is 0 Å². The second-order valence-corrected chi connectivity index (χ2v) is 6.34. The van der Waals surface area contributed by atoms with Gasteiger partial charge in [0.1, 0.15) is 0 Å². The van der Waals surface area contributed by atoms with Crippen LogP contribution in [0.2, 0.25) is 0 Å². The molecule has 0 atom stereocenters. The van der Waals surface area contributed by atoms with Crippen molar-refractivity contribution in [2.24, 2.45) is 0 Å². The fraction of sp³-hybridized carbons (Fsp3) is 0.667. The van der Waals surface area contributed by atoms with Crippen molar-refractivity contribution in [1.29, 1.82) is 0 Å². The zero-order valence-electron chi connectivity index (χ0n) is 12.3. The molecule has 0 unspecified atom stereocenters. The molecule has 2 fully saturated rings. The molecule has 0 N–H and O–H groups in total. The van der Waals surface area contributed by atoms with Crippen LogP contribution >= 0.6 is 0 Å². The molecule has 0 aromatic heterocycles. The summed E-state index contributed by atoms with van der Waals surface area (Å²) in [5.41, 5.74) is 1.49. The summed E-state index contributed by atoms with van der Waals surface area (Å²) in [4.78, 5) is 11.4. The molecule has 0 aliphatic heterocycles. The summed E-state index contributed by atoms with van der Waals surface area (Å²) in [6.45, 7) is 0. The Morgan fingerprint density at radius 2 is 1.25 bits per heavy atom. The van der Waals surface area contributed by atoms with Crippen molar-refractivity contribution in [2.75, 3.05) is 0 Å². The summed E-state index contributed by atoms with van der Waals surface area (Å²) in [6.07, 6.45) is 11.7. The Labute approximate surface area is 122 Å². The van der Waals surface area contributed by atoms with Crippen LogP contribution in [0.1, 0.15) is 69.3 Å². The first kappa shape index (κ1) is 14.1. The molecule has 2 aliphatic rings. The highest BCUT2D eigenvalue weighted by Gasteiger charge is 2.24. The molecule has 3 rings (SSSR count). The summed E-state index contributed by atoms with van der Waals surface area (Å²) < 4.78 is 0. The first-order valence-electron chi connectivity index (χ1n) is 8.29. The van der Waals surface area contributed by atoms with Crippen molar-refractivity contribution >= 4 is 0 Å². The zero-order valence-corrected chi connectivity index (χ0v) is 12.3. The number of rotatable bonds is 4. The molecule has 2 aliphatic carbocycles. The van der Waals surface area contributed by atoms with E-state index in [9.17, 15) is 0 Å². The van der Waals surface area contributed by atoms with Crippen LogP contribution in [0.3, 0.4) is 0 Å². The minimum Gasteiger partial charge on any atom is -0.233 e. The maximum atomic E-state index is 5.71. The van der Waals surface area contributed by atoms with Crippen molar-refractivity contribution in [1.82, 2.24) is 0 Å². The molecular formula is C18H26O2. The summed E-state index contributed by atoms with van der Waals surface area (Å²) in [5, 5.41) is 0. The highest BCUT2D eigenvalue weighted by atomic mass is 17.2. The van der Waals surface area contributed by atoms with Gasteiger partial charge in [-0.1, -0.05) is 49.6 Å². The van der Waals surface area contributed by atoms with Gasteiger partial charge < -0.3 is 0 Å². The fourth-order valence-corrected chi connectivity index (χ4v) is 3.54. The van der Waals surface area contributed by atoms with Crippen molar-refractivity contribution < 1.29 is 9.78 Å². The van der Waals surface area contributed by atoms with Crippen molar-refractivity contribution in [3.05, 3.63) is 35.9 Å². The first-order valence-corrected chi connectivity index (χ1v) is 8.29. The quantitative estimate of drug-likeness (QED) is 0.568. The van der Waals surface area contributed by atoms with Crippen molar-refractivity contribution in [3.63, 3.8) is 0 Å². The highest BCUT2D eigenvalue weighted by Crippen LogP contribution is 2.34. The Morgan fingerprint density at radius 1 is 0.650 bits per heavy atom. The molecular weight excluding hydrogens is 248 g/mol. The van der Waals surface area contributed by atoms with E-state index in [1.54, 1.807) is 0 Å². The lowest BCUT2D eigenvalue weighted by Gasteiger charge is -2.29. The molecule has 0 spiro atoms. The smallest absolute Gasteiger partial charge is 0.0930 e. The molecule has 0 saturated heterocycles. The van der Waals surface area contributed by atoms with Gasteiger partial charge in [-0.15, -0.1) is 0 Å². The monoisotopic (exact) mass is 274 g/mol. The molecule has 0 heterocycles. The van der Waals surface area contributed by atoms with E-state index in [2.05, 4.69) is 30.3 Å². The topological polar surface area (TPSA) is 18.5 Å². The minimum atomic E-state index is 0.317. The second-order valence-electron chi connectivity index (χ2n) is 6.34. The van der Waals surface area contributed by atoms with Gasteiger partial charge in [-0.3, -0.25) is 0 Å². The molecule has 1 aromatic carbocycles. The van der Waals surface area contributed by atoms with Gasteiger partial charge in [0.25, 0.3) is 0 Å². The van der Waals surface area contributed by atoms with Gasteiger partial charge in [0.05, 0.1) is 12.2 Å². The average Bonchev–Trinajstić information content (AvgIpc) is 2.55. The number of benzene rings is 1. The molecule has 20 heavy (non-hydrogen) atoms. The van der Waals surface area contributed by atoms with Crippen molar-refractivity contribution in [2.45, 2.75) is 75.9 Å². The predicted molar refractivity (Wildman–Crippen MR) is 80.5 cm³/mol. The molecule has 2 heteroatoms. The van der Waals surface area contributed by atoms with Gasteiger partial charge >= 0.3 is 0 Å². The SMILES string of the molecule is c1ccc(C2CCC(OOC3CCCCC3)CC2)cc1. The van der Waals surface area contributed by atoms with Gasteiger partial charge in [-0.05, 0) is 50.0 Å². The summed E-state index contributed by atoms with van der Waals surface area (Å²) in [7, 11) is 0. The molecule has 2 nitrogen and oxygen atoms in total. The van der Waals surface area contributed by atoms with Gasteiger partial charge in [0.15, 0.2) is 0 Å². The van der Waals surface area contributed by atoms with Gasteiger partial charge in [0.2, 0.25) is 0 Å². The third kappa shape index (κ3) is 3.83. The van der Waals surface area contributed by atoms with E-state index in [1.165, 1.54) is 50.5 Å². The Balaban J connectivity index is 1.40. The van der Waals surface area contributed by atoms with E-state index < -0.39 is 0 Å². The number of hydrogen-bond acceptors (Lipinski definition) is 2. The molecule has 2 saturated carbocycles. The Bertz CT molecular complexity index is 376. The van der Waals surface area contributed by atoms with Crippen LogP contribution in [0.4, 0.5) is 0 Å². The largest absolute Gasteiger partial charge is 0.233 e. The van der Waals surface area contributed by atoms with E-state index >= 15 is 0 Å². The lowest BCUT2D eigenvalue weighted by Crippen LogP contribution is -2.25. The maximum Gasteiger partial charge on any atom is 0.0930 e. The van der Waals surface area contributed by atoms with Crippen LogP contribution in [0.5, 0.6) is 0 Å². The maximum absolute atomic E-state index is 5.71. The van der Waals surface area contributed by atoms with Crippen LogP contribution in [0.15, 0.2) is 30.3 Å². The summed E-state index contributed by atoms with van der Waals surface area (Å²) in [6, 6.07) is 10.9. The third-order valence-electron chi connectivity index (χ3n) is 4.83. The fourth-order valence-electron chi connectivity index (χ4n) is 3.54. The van der Waals surface area contributed by atoms with E-state index in [0.717, 1.165) is 12.8 Å².